The topological polar surface area (TPSA) is 26.9 Å². The van der Waals surface area contributed by atoms with Crippen molar-refractivity contribution in [2.75, 3.05) is 0 Å². The number of benzene rings is 2. The summed E-state index contributed by atoms with van der Waals surface area (Å²) >= 11 is 0. The molecule has 0 aliphatic rings. The molecule has 0 radical (unpaired) electrons. The maximum atomic E-state index is 12.4. The summed E-state index contributed by atoms with van der Waals surface area (Å²) in [6.45, 7) is 2.03. The fourth-order valence-corrected chi connectivity index (χ4v) is 2.40. The molecule has 3 aromatic rings. The summed E-state index contributed by atoms with van der Waals surface area (Å²) in [5, 5.41) is 13.4. The lowest BCUT2D eigenvalue weighted by Gasteiger charge is -2.09. The van der Waals surface area contributed by atoms with E-state index in [-0.39, 0.29) is 0 Å². The largest absolute Gasteiger partial charge is 0.618 e. The lowest BCUT2D eigenvalue weighted by atomic mass is 10.1. The molecule has 2 nitrogen and oxygen atoms in total. The first-order valence-electron chi connectivity index (χ1n) is 6.40. The molecule has 0 spiro atoms. The number of pyridine rings is 1. The van der Waals surface area contributed by atoms with Crippen LogP contribution in [0, 0.1) is 12.1 Å². The summed E-state index contributed by atoms with van der Waals surface area (Å²) in [4.78, 5) is 0. The van der Waals surface area contributed by atoms with Gasteiger partial charge in [-0.3, -0.25) is 0 Å². The molecule has 3 rings (SSSR count). The summed E-state index contributed by atoms with van der Waals surface area (Å²) in [5.41, 5.74) is 3.81. The first-order valence-corrected chi connectivity index (χ1v) is 6.40. The van der Waals surface area contributed by atoms with Crippen LogP contribution in [0.4, 0.5) is 0 Å². The Labute approximate surface area is 112 Å². The van der Waals surface area contributed by atoms with E-state index in [9.17, 15) is 5.21 Å². The molecule has 1 aromatic heterocycles. The quantitative estimate of drug-likeness (QED) is 0.505. The van der Waals surface area contributed by atoms with Gasteiger partial charge in [0.1, 0.15) is 0 Å². The Kier molecular flexibility index (Phi) is 2.92. The smallest absolute Gasteiger partial charge is 0.224 e. The molecule has 1 heterocycles. The lowest BCUT2D eigenvalue weighted by molar-refractivity contribution is -0.585. The van der Waals surface area contributed by atoms with Crippen LogP contribution >= 0.6 is 0 Å². The highest BCUT2D eigenvalue weighted by Gasteiger charge is 2.11. The van der Waals surface area contributed by atoms with Gasteiger partial charge in [0, 0.05) is 12.1 Å². The van der Waals surface area contributed by atoms with Crippen molar-refractivity contribution >= 4 is 10.9 Å². The highest BCUT2D eigenvalue weighted by molar-refractivity contribution is 5.79. The third-order valence-electron chi connectivity index (χ3n) is 3.45. The molecule has 0 amide bonds. The predicted molar refractivity (Wildman–Crippen MR) is 76.9 cm³/mol. The molecule has 0 N–H and O–H groups in total. The maximum absolute atomic E-state index is 12.4. The Hall–Kier alpha value is -2.35. The van der Waals surface area contributed by atoms with Crippen molar-refractivity contribution in [3.8, 4) is 0 Å². The van der Waals surface area contributed by atoms with Gasteiger partial charge >= 0.3 is 0 Å². The molecule has 0 atom stereocenters. The fraction of sp³-hybridized carbons (Fsp3) is 0.118. The minimum absolute atomic E-state index is 0.661. The van der Waals surface area contributed by atoms with Gasteiger partial charge in [-0.25, -0.2) is 0 Å². The molecule has 2 heteroatoms. The first kappa shape index (κ1) is 11.7. The maximum Gasteiger partial charge on any atom is 0.224 e. The van der Waals surface area contributed by atoms with Gasteiger partial charge < -0.3 is 5.21 Å². The molecule has 0 aliphatic heterocycles. The zero-order chi connectivity index (χ0) is 13.2. The monoisotopic (exact) mass is 249 g/mol. The van der Waals surface area contributed by atoms with Crippen LogP contribution in [0.3, 0.4) is 0 Å². The van der Waals surface area contributed by atoms with E-state index in [1.807, 2.05) is 67.6 Å². The molecule has 0 bridgehead atoms. The Morgan fingerprint density at radius 2 is 1.68 bits per heavy atom. The van der Waals surface area contributed by atoms with Gasteiger partial charge in [0.15, 0.2) is 5.69 Å². The molecule has 0 unspecified atom stereocenters. The van der Waals surface area contributed by atoms with Crippen LogP contribution in [0.5, 0.6) is 0 Å². The van der Waals surface area contributed by atoms with Crippen molar-refractivity contribution in [1.82, 2.24) is 0 Å². The van der Waals surface area contributed by atoms with Crippen LogP contribution in [0.25, 0.3) is 10.9 Å². The van der Waals surface area contributed by atoms with Gasteiger partial charge in [-0.1, -0.05) is 42.5 Å². The molecular weight excluding hydrogens is 234 g/mol. The number of hydrogen-bond donors (Lipinski definition) is 0. The third-order valence-corrected chi connectivity index (χ3v) is 3.45. The van der Waals surface area contributed by atoms with E-state index in [0.29, 0.717) is 6.42 Å². The van der Waals surface area contributed by atoms with E-state index < -0.39 is 0 Å². The van der Waals surface area contributed by atoms with Crippen LogP contribution in [-0.2, 0) is 6.42 Å². The number of fused-ring (bicyclic) bond motifs is 1. The standard InChI is InChI=1S/C17H15NO/c1-13-6-5-9-17-16(13)11-10-15(18(17)19)12-14-7-3-2-4-8-14/h2-11H,12H2,1H3. The Morgan fingerprint density at radius 1 is 0.895 bits per heavy atom. The van der Waals surface area contributed by atoms with E-state index in [1.165, 1.54) is 0 Å². The minimum atomic E-state index is 0.661. The number of rotatable bonds is 2. The van der Waals surface area contributed by atoms with Crippen LogP contribution in [0.1, 0.15) is 16.8 Å². The number of nitrogens with zero attached hydrogens (tertiary/aromatic N) is 1. The van der Waals surface area contributed by atoms with Gasteiger partial charge in [0.05, 0.1) is 11.8 Å². The van der Waals surface area contributed by atoms with Crippen molar-refractivity contribution in [1.29, 1.82) is 0 Å². The van der Waals surface area contributed by atoms with Gasteiger partial charge in [-0.05, 0) is 24.1 Å². The van der Waals surface area contributed by atoms with Crippen LogP contribution in [-0.4, -0.2) is 0 Å². The molecule has 0 saturated carbocycles. The highest BCUT2D eigenvalue weighted by Crippen LogP contribution is 2.16. The SMILES string of the molecule is Cc1cccc2c1ccc(Cc1ccccc1)[n+]2[O-]. The molecule has 94 valence electrons. The number of aromatic nitrogens is 1. The van der Waals surface area contributed by atoms with Crippen molar-refractivity contribution in [2.45, 2.75) is 13.3 Å². The second-order valence-corrected chi connectivity index (χ2v) is 4.79. The second-order valence-electron chi connectivity index (χ2n) is 4.79. The zero-order valence-corrected chi connectivity index (χ0v) is 10.8. The van der Waals surface area contributed by atoms with Gasteiger partial charge in [-0.2, -0.15) is 4.73 Å². The molecule has 19 heavy (non-hydrogen) atoms. The number of hydrogen-bond acceptors (Lipinski definition) is 1. The predicted octanol–water partition coefficient (Wildman–Crippen LogP) is 3.37. The Bertz CT molecular complexity index is 720. The van der Waals surface area contributed by atoms with Gasteiger partial charge in [0.2, 0.25) is 5.52 Å². The van der Waals surface area contributed by atoms with Crippen LogP contribution in [0.15, 0.2) is 60.7 Å². The lowest BCUT2D eigenvalue weighted by Crippen LogP contribution is -2.32. The minimum Gasteiger partial charge on any atom is -0.618 e. The highest BCUT2D eigenvalue weighted by atomic mass is 16.5. The van der Waals surface area contributed by atoms with E-state index >= 15 is 0 Å². The van der Waals surface area contributed by atoms with Crippen molar-refractivity contribution in [2.24, 2.45) is 0 Å². The average molecular weight is 249 g/mol. The normalized spacial score (nSPS) is 10.8. The zero-order valence-electron chi connectivity index (χ0n) is 10.8. The molecule has 0 fully saturated rings. The van der Waals surface area contributed by atoms with E-state index in [0.717, 1.165) is 32.5 Å². The molecular formula is C17H15NO. The van der Waals surface area contributed by atoms with Crippen molar-refractivity contribution in [3.63, 3.8) is 0 Å². The summed E-state index contributed by atoms with van der Waals surface area (Å²) in [5.74, 6) is 0. The van der Waals surface area contributed by atoms with Crippen molar-refractivity contribution in [3.05, 3.63) is 82.7 Å². The first-order chi connectivity index (χ1) is 9.25. The summed E-state index contributed by atoms with van der Waals surface area (Å²) in [7, 11) is 0. The van der Waals surface area contributed by atoms with Crippen molar-refractivity contribution < 1.29 is 4.73 Å². The van der Waals surface area contributed by atoms with E-state index in [4.69, 9.17) is 0 Å². The average Bonchev–Trinajstić information content (AvgIpc) is 2.44. The Balaban J connectivity index is 2.08. The third kappa shape index (κ3) is 2.17. The number of aryl methyl sites for hydroxylation is 1. The van der Waals surface area contributed by atoms with E-state index in [2.05, 4.69) is 0 Å². The van der Waals surface area contributed by atoms with E-state index in [1.54, 1.807) is 0 Å². The molecule has 2 aromatic carbocycles. The van der Waals surface area contributed by atoms with Gasteiger partial charge in [0.25, 0.3) is 0 Å². The Morgan fingerprint density at radius 3 is 2.47 bits per heavy atom. The molecule has 0 aliphatic carbocycles. The van der Waals surface area contributed by atoms with Gasteiger partial charge in [-0.15, -0.1) is 0 Å². The summed E-state index contributed by atoms with van der Waals surface area (Å²) < 4.78 is 1.05. The summed E-state index contributed by atoms with van der Waals surface area (Å²) in [6, 6.07) is 19.9. The summed E-state index contributed by atoms with van der Waals surface area (Å²) in [6.07, 6.45) is 0.661. The van der Waals surface area contributed by atoms with Crippen LogP contribution in [0.2, 0.25) is 0 Å². The second kappa shape index (κ2) is 4.73. The van der Waals surface area contributed by atoms with Crippen LogP contribution < -0.4 is 4.73 Å². The molecule has 0 saturated heterocycles. The fourth-order valence-electron chi connectivity index (χ4n) is 2.40.